The zero-order valence-corrected chi connectivity index (χ0v) is 13.1. The Kier molecular flexibility index (Phi) is 5.93. The van der Waals surface area contributed by atoms with Gasteiger partial charge in [-0.1, -0.05) is 13.3 Å². The van der Waals surface area contributed by atoms with Gasteiger partial charge in [0.25, 0.3) is 5.69 Å². The molecule has 0 saturated carbocycles. The lowest BCUT2D eigenvalue weighted by Crippen LogP contribution is -2.18. The van der Waals surface area contributed by atoms with Crippen LogP contribution in [0.5, 0.6) is 5.75 Å². The van der Waals surface area contributed by atoms with Gasteiger partial charge in [0, 0.05) is 12.1 Å². The van der Waals surface area contributed by atoms with Gasteiger partial charge in [-0.25, -0.2) is 0 Å². The minimum atomic E-state index is -5.05. The zero-order chi connectivity index (χ0) is 18.7. The molecule has 1 aromatic rings. The molecule has 134 valence electrons. The number of halogens is 3. The standard InChI is InChI=1S/C13H16F3N3O5/c1-4-5-7(2)17-10-9(18(20)21)6-8(13(14,15)16)12(24-3)11(10)19(22)23/h6-7,17H,4-5H2,1-3H3. The van der Waals surface area contributed by atoms with Gasteiger partial charge < -0.3 is 10.1 Å². The second kappa shape index (κ2) is 7.32. The molecule has 0 bridgehead atoms. The molecule has 0 amide bonds. The van der Waals surface area contributed by atoms with Crippen molar-refractivity contribution in [2.45, 2.75) is 38.9 Å². The van der Waals surface area contributed by atoms with E-state index in [0.717, 1.165) is 7.11 Å². The van der Waals surface area contributed by atoms with E-state index in [1.807, 2.05) is 6.92 Å². The number of hydrogen-bond donors (Lipinski definition) is 1. The lowest BCUT2D eigenvalue weighted by Gasteiger charge is -2.18. The molecule has 1 aromatic carbocycles. The summed E-state index contributed by atoms with van der Waals surface area (Å²) >= 11 is 0. The van der Waals surface area contributed by atoms with Crippen LogP contribution in [0.4, 0.5) is 30.2 Å². The van der Waals surface area contributed by atoms with Gasteiger partial charge in [-0.2, -0.15) is 13.2 Å². The third kappa shape index (κ3) is 4.03. The first-order valence-electron chi connectivity index (χ1n) is 6.92. The molecule has 8 nitrogen and oxygen atoms in total. The van der Waals surface area contributed by atoms with Crippen molar-refractivity contribution >= 4 is 17.1 Å². The molecule has 0 saturated heterocycles. The van der Waals surface area contributed by atoms with Crippen molar-refractivity contribution < 1.29 is 27.8 Å². The van der Waals surface area contributed by atoms with Crippen molar-refractivity contribution in [2.75, 3.05) is 12.4 Å². The van der Waals surface area contributed by atoms with Crippen molar-refractivity contribution in [3.8, 4) is 5.75 Å². The summed E-state index contributed by atoms with van der Waals surface area (Å²) in [6.45, 7) is 3.44. The molecule has 0 aromatic heterocycles. The molecular formula is C13H16F3N3O5. The Morgan fingerprint density at radius 2 is 1.88 bits per heavy atom. The highest BCUT2D eigenvalue weighted by Crippen LogP contribution is 2.49. The Hall–Kier alpha value is -2.59. The van der Waals surface area contributed by atoms with Gasteiger partial charge in [-0.15, -0.1) is 0 Å². The van der Waals surface area contributed by atoms with Gasteiger partial charge in [-0.3, -0.25) is 20.2 Å². The van der Waals surface area contributed by atoms with E-state index >= 15 is 0 Å². The van der Waals surface area contributed by atoms with E-state index in [0.29, 0.717) is 12.8 Å². The molecule has 0 heterocycles. The highest BCUT2D eigenvalue weighted by Gasteiger charge is 2.43. The number of anilines is 1. The normalized spacial score (nSPS) is 12.6. The molecule has 1 rings (SSSR count). The van der Waals surface area contributed by atoms with Gasteiger partial charge in [0.05, 0.1) is 17.0 Å². The smallest absolute Gasteiger partial charge is 0.420 e. The van der Waals surface area contributed by atoms with Crippen molar-refractivity contribution in [1.82, 2.24) is 0 Å². The summed E-state index contributed by atoms with van der Waals surface area (Å²) in [6, 6.07) is -0.179. The van der Waals surface area contributed by atoms with Crippen LogP contribution in [-0.4, -0.2) is 23.0 Å². The number of nitrogens with zero attached hydrogens (tertiary/aromatic N) is 2. The summed E-state index contributed by atoms with van der Waals surface area (Å²) in [4.78, 5) is 20.2. The number of ether oxygens (including phenoxy) is 1. The van der Waals surface area contributed by atoms with Crippen molar-refractivity contribution in [2.24, 2.45) is 0 Å². The van der Waals surface area contributed by atoms with Gasteiger partial charge in [0.2, 0.25) is 5.75 Å². The van der Waals surface area contributed by atoms with Crippen LogP contribution < -0.4 is 10.1 Å². The van der Waals surface area contributed by atoms with Crippen molar-refractivity contribution in [3.63, 3.8) is 0 Å². The fourth-order valence-corrected chi connectivity index (χ4v) is 2.27. The first-order chi connectivity index (χ1) is 11.0. The number of nitro benzene ring substituents is 2. The third-order valence-electron chi connectivity index (χ3n) is 3.23. The van der Waals surface area contributed by atoms with Crippen LogP contribution in [0.3, 0.4) is 0 Å². The summed E-state index contributed by atoms with van der Waals surface area (Å²) in [5, 5.41) is 25.0. The molecule has 0 radical (unpaired) electrons. The van der Waals surface area contributed by atoms with Gasteiger partial charge in [0.1, 0.15) is 5.56 Å². The molecule has 0 fully saturated rings. The first-order valence-corrected chi connectivity index (χ1v) is 6.92. The molecule has 1 N–H and O–H groups in total. The van der Waals surface area contributed by atoms with E-state index in [1.165, 1.54) is 0 Å². The van der Waals surface area contributed by atoms with Crippen LogP contribution >= 0.6 is 0 Å². The third-order valence-corrected chi connectivity index (χ3v) is 3.23. The maximum absolute atomic E-state index is 13.1. The fourth-order valence-electron chi connectivity index (χ4n) is 2.27. The summed E-state index contributed by atoms with van der Waals surface area (Å²) < 4.78 is 43.8. The summed E-state index contributed by atoms with van der Waals surface area (Å²) in [5.74, 6) is -1.07. The number of methoxy groups -OCH3 is 1. The van der Waals surface area contributed by atoms with E-state index in [9.17, 15) is 33.4 Å². The Bertz CT molecular complexity index is 649. The first kappa shape index (κ1) is 19.5. The minimum Gasteiger partial charge on any atom is -0.490 e. The average molecular weight is 351 g/mol. The minimum absolute atomic E-state index is 0.243. The predicted molar refractivity (Wildman–Crippen MR) is 79.3 cm³/mol. The maximum atomic E-state index is 13.1. The summed E-state index contributed by atoms with van der Waals surface area (Å²) in [5.41, 5.74) is -4.31. The quantitative estimate of drug-likeness (QED) is 0.584. The molecule has 0 aliphatic carbocycles. The highest BCUT2D eigenvalue weighted by molar-refractivity contribution is 5.81. The number of hydrogen-bond acceptors (Lipinski definition) is 6. The monoisotopic (exact) mass is 351 g/mol. The highest BCUT2D eigenvalue weighted by atomic mass is 19.4. The van der Waals surface area contributed by atoms with E-state index < -0.39 is 50.4 Å². The van der Waals surface area contributed by atoms with Crippen molar-refractivity contribution in [1.29, 1.82) is 0 Å². The number of nitrogens with one attached hydrogen (secondary N) is 1. The SMILES string of the molecule is CCCC(C)Nc1c([N+](=O)[O-])cc(C(F)(F)F)c(OC)c1[N+](=O)[O-]. The zero-order valence-electron chi connectivity index (χ0n) is 13.1. The second-order valence-corrected chi connectivity index (χ2v) is 5.05. The Labute approximate surface area is 134 Å². The largest absolute Gasteiger partial charge is 0.490 e. The maximum Gasteiger partial charge on any atom is 0.420 e. The predicted octanol–water partition coefficient (Wildman–Crippen LogP) is 4.13. The fraction of sp³-hybridized carbons (Fsp3) is 0.538. The molecule has 0 aliphatic heterocycles. The van der Waals surface area contributed by atoms with Crippen LogP contribution in [0.15, 0.2) is 6.07 Å². The molecule has 1 atom stereocenters. The van der Waals surface area contributed by atoms with E-state index in [2.05, 4.69) is 10.1 Å². The van der Waals surface area contributed by atoms with E-state index in [4.69, 9.17) is 0 Å². The van der Waals surface area contributed by atoms with Crippen LogP contribution in [-0.2, 0) is 6.18 Å². The summed E-state index contributed by atoms with van der Waals surface area (Å²) in [6.07, 6.45) is -3.86. The van der Waals surface area contributed by atoms with Crippen LogP contribution in [0.25, 0.3) is 0 Å². The van der Waals surface area contributed by atoms with E-state index in [1.54, 1.807) is 6.92 Å². The van der Waals surface area contributed by atoms with Crippen LogP contribution in [0.2, 0.25) is 0 Å². The lowest BCUT2D eigenvalue weighted by atomic mass is 10.1. The number of nitro groups is 2. The molecule has 0 aliphatic rings. The molecule has 24 heavy (non-hydrogen) atoms. The number of benzene rings is 1. The molecule has 1 unspecified atom stereocenters. The topological polar surface area (TPSA) is 108 Å². The summed E-state index contributed by atoms with van der Waals surface area (Å²) in [7, 11) is 0.836. The van der Waals surface area contributed by atoms with Crippen LogP contribution in [0, 0.1) is 20.2 Å². The molecule has 0 spiro atoms. The van der Waals surface area contributed by atoms with Gasteiger partial charge in [0.15, 0.2) is 5.69 Å². The van der Waals surface area contributed by atoms with Crippen molar-refractivity contribution in [3.05, 3.63) is 31.9 Å². The van der Waals surface area contributed by atoms with Gasteiger partial charge in [-0.05, 0) is 13.3 Å². The molecule has 11 heteroatoms. The van der Waals surface area contributed by atoms with Gasteiger partial charge >= 0.3 is 11.9 Å². The number of rotatable bonds is 7. The Balaban J connectivity index is 3.77. The van der Waals surface area contributed by atoms with Crippen LogP contribution in [0.1, 0.15) is 32.3 Å². The Morgan fingerprint density at radius 3 is 2.25 bits per heavy atom. The van der Waals surface area contributed by atoms with E-state index in [-0.39, 0.29) is 6.07 Å². The molecular weight excluding hydrogens is 335 g/mol. The number of alkyl halides is 3. The average Bonchev–Trinajstić information content (AvgIpc) is 2.44. The lowest BCUT2D eigenvalue weighted by molar-refractivity contribution is -0.393. The Morgan fingerprint density at radius 1 is 1.29 bits per heavy atom. The second-order valence-electron chi connectivity index (χ2n) is 5.05.